The Bertz CT molecular complexity index is 127. The molecule has 0 radical (unpaired) electrons. The maximum atomic E-state index is 11.0. The van der Waals surface area contributed by atoms with E-state index in [1.165, 1.54) is 11.8 Å². The van der Waals surface area contributed by atoms with E-state index in [-0.39, 0.29) is 0 Å². The highest BCUT2D eigenvalue weighted by atomic mass is 32.2. The number of nitrogens with two attached hydrogens (primary N) is 1. The largest absolute Gasteiger partial charge is 0.330 e. The van der Waals surface area contributed by atoms with Gasteiger partial charge in [0, 0.05) is 11.7 Å². The number of carbonyl (C=O) groups excluding carboxylic acids is 1. The summed E-state index contributed by atoms with van der Waals surface area (Å²) >= 11 is 1.48. The lowest BCUT2D eigenvalue weighted by molar-refractivity contribution is -0.114. The van der Waals surface area contributed by atoms with Crippen molar-refractivity contribution in [1.29, 1.82) is 0 Å². The van der Waals surface area contributed by atoms with Crippen molar-refractivity contribution in [2.75, 3.05) is 12.3 Å². The molecule has 1 unspecified atom stereocenters. The van der Waals surface area contributed by atoms with Crippen LogP contribution in [-0.2, 0) is 4.79 Å². The number of thioether (sulfide) groups is 1. The van der Waals surface area contributed by atoms with Gasteiger partial charge in [-0.3, -0.25) is 4.79 Å². The van der Waals surface area contributed by atoms with Crippen molar-refractivity contribution in [3.05, 3.63) is 0 Å². The summed E-state index contributed by atoms with van der Waals surface area (Å²) in [5, 5.41) is 0.383. The average molecular weight is 159 g/mol. The monoisotopic (exact) mass is 159 g/mol. The Morgan fingerprint density at radius 2 is 2.50 bits per heavy atom. The van der Waals surface area contributed by atoms with Crippen LogP contribution in [0.5, 0.6) is 0 Å². The van der Waals surface area contributed by atoms with E-state index in [1.54, 1.807) is 0 Å². The van der Waals surface area contributed by atoms with E-state index in [9.17, 15) is 4.79 Å². The molecule has 0 amide bonds. The van der Waals surface area contributed by atoms with Gasteiger partial charge in [0.2, 0.25) is 0 Å². The van der Waals surface area contributed by atoms with Gasteiger partial charge < -0.3 is 5.73 Å². The fourth-order valence-electron chi connectivity index (χ4n) is 1.16. The first-order valence-electron chi connectivity index (χ1n) is 3.71. The lowest BCUT2D eigenvalue weighted by atomic mass is 10.0. The maximum absolute atomic E-state index is 11.0. The smallest absolute Gasteiger partial charge is 0.192 e. The number of rotatable bonds is 3. The molecule has 1 fully saturated rings. The summed E-state index contributed by atoms with van der Waals surface area (Å²) in [6, 6.07) is 0. The van der Waals surface area contributed by atoms with Crippen LogP contribution in [0, 0.1) is 5.92 Å². The summed E-state index contributed by atoms with van der Waals surface area (Å²) in [7, 11) is 0. The molecule has 58 valence electrons. The van der Waals surface area contributed by atoms with E-state index in [0.717, 1.165) is 25.0 Å². The van der Waals surface area contributed by atoms with Crippen LogP contribution in [0.3, 0.4) is 0 Å². The van der Waals surface area contributed by atoms with Crippen LogP contribution >= 0.6 is 11.8 Å². The fraction of sp³-hybridized carbons (Fsp3) is 0.857. The zero-order valence-corrected chi connectivity index (χ0v) is 6.82. The highest BCUT2D eigenvalue weighted by Gasteiger charge is 2.23. The van der Waals surface area contributed by atoms with Crippen molar-refractivity contribution in [1.82, 2.24) is 0 Å². The van der Waals surface area contributed by atoms with Gasteiger partial charge in [-0.05, 0) is 25.8 Å². The molecular formula is C7H13NOS. The van der Waals surface area contributed by atoms with Crippen molar-refractivity contribution in [3.63, 3.8) is 0 Å². The van der Waals surface area contributed by atoms with Crippen molar-refractivity contribution < 1.29 is 4.79 Å². The van der Waals surface area contributed by atoms with Gasteiger partial charge in [-0.1, -0.05) is 11.8 Å². The molecule has 2 nitrogen and oxygen atoms in total. The fourth-order valence-corrected chi connectivity index (χ4v) is 2.24. The van der Waals surface area contributed by atoms with Gasteiger partial charge in [-0.15, -0.1) is 0 Å². The molecule has 1 heterocycles. The molecule has 0 aromatic heterocycles. The minimum absolute atomic E-state index is 0.327. The molecule has 0 aliphatic carbocycles. The Kier molecular flexibility index (Phi) is 3.22. The molecule has 0 saturated carbocycles. The molecule has 1 saturated heterocycles. The number of hydrogen-bond acceptors (Lipinski definition) is 3. The molecule has 0 spiro atoms. The average Bonchev–Trinajstić information content (AvgIpc) is 2.31. The quantitative estimate of drug-likeness (QED) is 0.668. The summed E-state index contributed by atoms with van der Waals surface area (Å²) < 4.78 is 0. The van der Waals surface area contributed by atoms with Crippen LogP contribution in [0.2, 0.25) is 0 Å². The zero-order valence-electron chi connectivity index (χ0n) is 6.01. The van der Waals surface area contributed by atoms with Gasteiger partial charge in [-0.2, -0.15) is 0 Å². The van der Waals surface area contributed by atoms with Crippen LogP contribution in [0.4, 0.5) is 0 Å². The normalized spacial score (nSPS) is 25.7. The molecule has 1 rings (SSSR count). The third-order valence-corrected chi connectivity index (χ3v) is 2.86. The van der Waals surface area contributed by atoms with Crippen LogP contribution in [-0.4, -0.2) is 17.4 Å². The minimum Gasteiger partial charge on any atom is -0.330 e. The first-order valence-corrected chi connectivity index (χ1v) is 4.70. The van der Waals surface area contributed by atoms with E-state index in [4.69, 9.17) is 5.73 Å². The lowest BCUT2D eigenvalue weighted by Crippen LogP contribution is -2.07. The third kappa shape index (κ3) is 1.99. The molecule has 3 heteroatoms. The Balaban J connectivity index is 2.20. The lowest BCUT2D eigenvalue weighted by Gasteiger charge is -2.03. The van der Waals surface area contributed by atoms with Crippen LogP contribution in [0.25, 0.3) is 0 Å². The van der Waals surface area contributed by atoms with E-state index in [2.05, 4.69) is 0 Å². The SMILES string of the molecule is NCCCC1CCSC1=O. The van der Waals surface area contributed by atoms with Crippen molar-refractivity contribution in [3.8, 4) is 0 Å². The predicted octanol–water partition coefficient (Wildman–Crippen LogP) is 1.01. The van der Waals surface area contributed by atoms with Gasteiger partial charge in [0.25, 0.3) is 0 Å². The second-order valence-electron chi connectivity index (χ2n) is 2.58. The van der Waals surface area contributed by atoms with Crippen LogP contribution < -0.4 is 5.73 Å². The molecule has 0 aromatic carbocycles. The predicted molar refractivity (Wildman–Crippen MR) is 43.9 cm³/mol. The topological polar surface area (TPSA) is 43.1 Å². The summed E-state index contributed by atoms with van der Waals surface area (Å²) in [6.45, 7) is 0.717. The molecule has 1 atom stereocenters. The van der Waals surface area contributed by atoms with E-state index >= 15 is 0 Å². The molecule has 0 bridgehead atoms. The van der Waals surface area contributed by atoms with Crippen LogP contribution in [0.1, 0.15) is 19.3 Å². The maximum Gasteiger partial charge on any atom is 0.192 e. The van der Waals surface area contributed by atoms with Crippen molar-refractivity contribution in [2.24, 2.45) is 11.7 Å². The highest BCUT2D eigenvalue weighted by molar-refractivity contribution is 8.14. The zero-order chi connectivity index (χ0) is 7.40. The van der Waals surface area contributed by atoms with Gasteiger partial charge in [0.1, 0.15) is 0 Å². The summed E-state index contributed by atoms with van der Waals surface area (Å²) in [5.74, 6) is 1.35. The van der Waals surface area contributed by atoms with Crippen molar-refractivity contribution in [2.45, 2.75) is 19.3 Å². The third-order valence-electron chi connectivity index (χ3n) is 1.80. The summed E-state index contributed by atoms with van der Waals surface area (Å²) in [4.78, 5) is 11.0. The number of hydrogen-bond donors (Lipinski definition) is 1. The summed E-state index contributed by atoms with van der Waals surface area (Å²) in [6.07, 6.45) is 3.07. The Morgan fingerprint density at radius 1 is 1.70 bits per heavy atom. The second kappa shape index (κ2) is 3.98. The van der Waals surface area contributed by atoms with E-state index in [1.807, 2.05) is 0 Å². The number of carbonyl (C=O) groups is 1. The highest BCUT2D eigenvalue weighted by Crippen LogP contribution is 2.28. The van der Waals surface area contributed by atoms with Crippen molar-refractivity contribution >= 4 is 16.9 Å². The molecule has 2 N–H and O–H groups in total. The van der Waals surface area contributed by atoms with Gasteiger partial charge in [-0.25, -0.2) is 0 Å². The van der Waals surface area contributed by atoms with Crippen LogP contribution in [0.15, 0.2) is 0 Å². The van der Waals surface area contributed by atoms with Gasteiger partial charge >= 0.3 is 0 Å². The molecular weight excluding hydrogens is 146 g/mol. The molecule has 0 aromatic rings. The Hall–Kier alpha value is -0.0200. The van der Waals surface area contributed by atoms with Gasteiger partial charge in [0.05, 0.1) is 0 Å². The minimum atomic E-state index is 0.327. The first-order chi connectivity index (χ1) is 4.84. The molecule has 10 heavy (non-hydrogen) atoms. The van der Waals surface area contributed by atoms with E-state index in [0.29, 0.717) is 17.6 Å². The first kappa shape index (κ1) is 8.08. The molecule has 1 aliphatic rings. The second-order valence-corrected chi connectivity index (χ2v) is 3.68. The Labute approximate surface area is 65.5 Å². The standard InChI is InChI=1S/C7H13NOS/c8-4-1-2-6-3-5-10-7(6)9/h6H,1-5,8H2. The summed E-state index contributed by atoms with van der Waals surface area (Å²) in [5.41, 5.74) is 5.33. The molecule has 1 aliphatic heterocycles. The van der Waals surface area contributed by atoms with Gasteiger partial charge in [0.15, 0.2) is 5.12 Å². The Morgan fingerprint density at radius 3 is 3.00 bits per heavy atom. The van der Waals surface area contributed by atoms with E-state index < -0.39 is 0 Å².